The van der Waals surface area contributed by atoms with E-state index in [0.717, 1.165) is 32.0 Å². The van der Waals surface area contributed by atoms with E-state index in [1.54, 1.807) is 0 Å². The molecule has 2 aliphatic heterocycles. The molecule has 1 unspecified atom stereocenters. The summed E-state index contributed by atoms with van der Waals surface area (Å²) in [5.41, 5.74) is 0. The van der Waals surface area contributed by atoms with Gasteiger partial charge in [0, 0.05) is 19.2 Å². The van der Waals surface area contributed by atoms with E-state index in [4.69, 9.17) is 4.74 Å². The van der Waals surface area contributed by atoms with Crippen LogP contribution in [-0.2, 0) is 4.74 Å². The molecule has 0 aromatic carbocycles. The highest BCUT2D eigenvalue weighted by atomic mass is 16.5. The normalized spacial score (nSPS) is 29.3. The van der Waals surface area contributed by atoms with Crippen molar-refractivity contribution in [3.63, 3.8) is 0 Å². The zero-order chi connectivity index (χ0) is 8.23. The molecule has 1 N–H and O–H groups in total. The summed E-state index contributed by atoms with van der Waals surface area (Å²) in [6, 6.07) is 0. The van der Waals surface area contributed by atoms with E-state index in [9.17, 15) is 0 Å². The maximum absolute atomic E-state index is 5.51. The molecular weight excluding hydrogens is 154 g/mol. The van der Waals surface area contributed by atoms with Crippen LogP contribution in [0.15, 0.2) is 9.98 Å². The van der Waals surface area contributed by atoms with Gasteiger partial charge in [0.05, 0.1) is 25.7 Å². The Labute approximate surface area is 71.7 Å². The molecule has 0 bridgehead atoms. The summed E-state index contributed by atoms with van der Waals surface area (Å²) in [6.45, 7) is 3.16. The fourth-order valence-corrected chi connectivity index (χ4v) is 1.40. The van der Waals surface area contributed by atoms with Crippen LogP contribution in [-0.4, -0.2) is 38.5 Å². The molecule has 66 valence electrons. The molecule has 2 aliphatic rings. The van der Waals surface area contributed by atoms with Gasteiger partial charge in [0.25, 0.3) is 0 Å². The fourth-order valence-electron chi connectivity index (χ4n) is 1.40. The number of rotatable bonds is 0. The second kappa shape index (κ2) is 3.67. The summed E-state index contributed by atoms with van der Waals surface area (Å²) in [5, 5.41) is 3.19. The Morgan fingerprint density at radius 2 is 2.58 bits per heavy atom. The van der Waals surface area contributed by atoms with Crippen molar-refractivity contribution in [3.05, 3.63) is 0 Å². The smallest absolute Gasteiger partial charge is 0.190 e. The Bertz CT molecular complexity index is 212. The number of hydrogen-bond donors (Lipinski definition) is 1. The molecule has 1 atom stereocenters. The molecule has 12 heavy (non-hydrogen) atoms. The molecule has 0 aliphatic carbocycles. The van der Waals surface area contributed by atoms with Gasteiger partial charge in [-0.1, -0.05) is 0 Å². The Kier molecular flexibility index (Phi) is 2.36. The lowest BCUT2D eigenvalue weighted by Gasteiger charge is -2.23. The van der Waals surface area contributed by atoms with Crippen molar-refractivity contribution >= 4 is 12.1 Å². The average Bonchev–Trinajstić information content (AvgIpc) is 2.06. The van der Waals surface area contributed by atoms with E-state index >= 15 is 0 Å². The summed E-state index contributed by atoms with van der Waals surface area (Å²) < 4.78 is 5.51. The number of aliphatic imine (C=N–C) groups is 2. The van der Waals surface area contributed by atoms with Crippen LogP contribution in [0.25, 0.3) is 0 Å². The first-order chi connectivity index (χ1) is 5.97. The lowest BCUT2D eigenvalue weighted by atomic mass is 10.1. The molecule has 2 heterocycles. The number of nitrogens with one attached hydrogen (secondary N) is 1. The molecule has 0 radical (unpaired) electrons. The first-order valence-corrected chi connectivity index (χ1v) is 4.33. The number of ether oxygens (including phenoxy) is 1. The highest BCUT2D eigenvalue weighted by molar-refractivity contribution is 5.80. The van der Waals surface area contributed by atoms with Crippen molar-refractivity contribution in [2.75, 3.05) is 26.4 Å². The van der Waals surface area contributed by atoms with Crippen LogP contribution in [0.1, 0.15) is 6.42 Å². The summed E-state index contributed by atoms with van der Waals surface area (Å²) in [6.07, 6.45) is 2.84. The molecule has 4 heteroatoms. The lowest BCUT2D eigenvalue weighted by Crippen LogP contribution is -2.38. The van der Waals surface area contributed by atoms with Crippen LogP contribution in [0.5, 0.6) is 0 Å². The number of hydrogen-bond acceptors (Lipinski definition) is 4. The topological polar surface area (TPSA) is 46.0 Å². The van der Waals surface area contributed by atoms with E-state index < -0.39 is 0 Å². The molecule has 0 spiro atoms. The van der Waals surface area contributed by atoms with Crippen molar-refractivity contribution in [1.29, 1.82) is 0 Å². The minimum atomic E-state index is 0.357. The lowest BCUT2D eigenvalue weighted by molar-refractivity contribution is 0.278. The van der Waals surface area contributed by atoms with Crippen molar-refractivity contribution < 1.29 is 4.74 Å². The van der Waals surface area contributed by atoms with Crippen molar-refractivity contribution in [1.82, 2.24) is 5.32 Å². The van der Waals surface area contributed by atoms with Gasteiger partial charge in [-0.15, -0.1) is 0 Å². The Hall–Kier alpha value is -0.900. The molecule has 0 amide bonds. The number of fused-ring (bicyclic) bond motifs is 1. The standard InChI is InChI=1S/C8H13N3O/c1-2-9-4-7-5-10-6-11-8(7)12-3-1/h2,7,10H,1,3-6H2. The van der Waals surface area contributed by atoms with Gasteiger partial charge in [-0.3, -0.25) is 10.3 Å². The fraction of sp³-hybridized carbons (Fsp3) is 0.750. The molecule has 0 fully saturated rings. The summed E-state index contributed by atoms with van der Waals surface area (Å²) in [7, 11) is 0. The van der Waals surface area contributed by atoms with Crippen LogP contribution >= 0.6 is 0 Å². The predicted molar refractivity (Wildman–Crippen MR) is 47.7 cm³/mol. The van der Waals surface area contributed by atoms with Crippen LogP contribution in [0.3, 0.4) is 0 Å². The van der Waals surface area contributed by atoms with Crippen LogP contribution < -0.4 is 5.32 Å². The largest absolute Gasteiger partial charge is 0.480 e. The van der Waals surface area contributed by atoms with E-state index in [1.807, 2.05) is 6.21 Å². The van der Waals surface area contributed by atoms with Crippen LogP contribution in [0, 0.1) is 5.92 Å². The van der Waals surface area contributed by atoms with Crippen molar-refractivity contribution in [2.24, 2.45) is 15.9 Å². The zero-order valence-corrected chi connectivity index (χ0v) is 6.99. The SMILES string of the molecule is C1=NCC2CNCN=C2OCC1. The van der Waals surface area contributed by atoms with Gasteiger partial charge in [0.2, 0.25) is 0 Å². The molecule has 0 aromatic heterocycles. The van der Waals surface area contributed by atoms with E-state index in [1.165, 1.54) is 0 Å². The van der Waals surface area contributed by atoms with Crippen LogP contribution in [0.2, 0.25) is 0 Å². The second-order valence-electron chi connectivity index (χ2n) is 2.99. The average molecular weight is 167 g/mol. The van der Waals surface area contributed by atoms with Crippen molar-refractivity contribution in [3.8, 4) is 0 Å². The summed E-state index contributed by atoms with van der Waals surface area (Å²) >= 11 is 0. The molecule has 0 saturated carbocycles. The first kappa shape index (κ1) is 7.73. The molecule has 0 aromatic rings. The minimum Gasteiger partial charge on any atom is -0.480 e. The van der Waals surface area contributed by atoms with E-state index in [-0.39, 0.29) is 0 Å². The molecular formula is C8H13N3O. The minimum absolute atomic E-state index is 0.357. The van der Waals surface area contributed by atoms with E-state index in [0.29, 0.717) is 12.6 Å². The van der Waals surface area contributed by atoms with Gasteiger partial charge < -0.3 is 4.74 Å². The predicted octanol–water partition coefficient (Wildman–Crippen LogP) is 0.0529. The molecule has 4 nitrogen and oxygen atoms in total. The van der Waals surface area contributed by atoms with Gasteiger partial charge in [-0.25, -0.2) is 4.99 Å². The quantitative estimate of drug-likeness (QED) is 0.554. The van der Waals surface area contributed by atoms with Crippen LogP contribution in [0.4, 0.5) is 0 Å². The maximum Gasteiger partial charge on any atom is 0.190 e. The highest BCUT2D eigenvalue weighted by Gasteiger charge is 2.20. The summed E-state index contributed by atoms with van der Waals surface area (Å²) in [5.74, 6) is 1.25. The first-order valence-electron chi connectivity index (χ1n) is 4.33. The van der Waals surface area contributed by atoms with Gasteiger partial charge in [0.1, 0.15) is 0 Å². The van der Waals surface area contributed by atoms with Gasteiger partial charge in [-0.2, -0.15) is 0 Å². The zero-order valence-electron chi connectivity index (χ0n) is 6.99. The Balaban J connectivity index is 2.08. The Morgan fingerprint density at radius 3 is 3.58 bits per heavy atom. The van der Waals surface area contributed by atoms with Gasteiger partial charge >= 0.3 is 0 Å². The number of nitrogens with zero attached hydrogens (tertiary/aromatic N) is 2. The second-order valence-corrected chi connectivity index (χ2v) is 2.99. The maximum atomic E-state index is 5.51. The van der Waals surface area contributed by atoms with Crippen molar-refractivity contribution in [2.45, 2.75) is 6.42 Å². The van der Waals surface area contributed by atoms with Gasteiger partial charge in [0.15, 0.2) is 5.90 Å². The third-order valence-electron chi connectivity index (χ3n) is 2.04. The third-order valence-corrected chi connectivity index (χ3v) is 2.04. The summed E-state index contributed by atoms with van der Waals surface area (Å²) in [4.78, 5) is 8.55. The third kappa shape index (κ3) is 1.64. The highest BCUT2D eigenvalue weighted by Crippen LogP contribution is 2.07. The van der Waals surface area contributed by atoms with Gasteiger partial charge in [-0.05, 0) is 0 Å². The monoisotopic (exact) mass is 167 g/mol. The molecule has 0 saturated heterocycles. The van der Waals surface area contributed by atoms with E-state index in [2.05, 4.69) is 15.3 Å². The Morgan fingerprint density at radius 1 is 1.58 bits per heavy atom. The molecule has 2 rings (SSSR count).